The molecule has 2 amide bonds. The number of rotatable bonds is 7. The van der Waals surface area contributed by atoms with Gasteiger partial charge in [-0.15, -0.1) is 0 Å². The van der Waals surface area contributed by atoms with Gasteiger partial charge in [-0.2, -0.15) is 0 Å². The molecule has 8 heteroatoms. The number of ether oxygens (including phenoxy) is 2. The van der Waals surface area contributed by atoms with Crippen LogP contribution in [0.3, 0.4) is 0 Å². The van der Waals surface area contributed by atoms with Gasteiger partial charge < -0.3 is 29.6 Å². The molecule has 3 aromatic rings. The van der Waals surface area contributed by atoms with E-state index in [-0.39, 0.29) is 17.6 Å². The quantitative estimate of drug-likeness (QED) is 0.434. The maximum atomic E-state index is 13.3. The van der Waals surface area contributed by atoms with Crippen LogP contribution in [0.5, 0.6) is 11.5 Å². The number of allylic oxidation sites excluding steroid dienone is 1. The number of ketones is 1. The summed E-state index contributed by atoms with van der Waals surface area (Å²) < 4.78 is 13.8. The number of amides is 2. The van der Waals surface area contributed by atoms with Crippen LogP contribution in [-0.4, -0.2) is 55.1 Å². The zero-order valence-corrected chi connectivity index (χ0v) is 21.7. The molecule has 0 atom stereocenters. The van der Waals surface area contributed by atoms with Gasteiger partial charge in [-0.25, -0.2) is 4.79 Å². The van der Waals surface area contributed by atoms with Gasteiger partial charge in [0.1, 0.15) is 11.5 Å². The number of aromatic nitrogens is 1. The Bertz CT molecular complexity index is 1370. The molecule has 0 bridgehead atoms. The monoisotopic (exact) mass is 502 g/mol. The van der Waals surface area contributed by atoms with Crippen LogP contribution in [0.2, 0.25) is 0 Å². The molecule has 5 rings (SSSR count). The molecule has 8 nitrogen and oxygen atoms in total. The van der Waals surface area contributed by atoms with Gasteiger partial charge in [0, 0.05) is 41.4 Å². The summed E-state index contributed by atoms with van der Waals surface area (Å²) >= 11 is 0. The third-order valence-electron chi connectivity index (χ3n) is 7.31. The smallest absolute Gasteiger partial charge is 0.318 e. The van der Waals surface area contributed by atoms with E-state index in [2.05, 4.69) is 33.1 Å². The van der Waals surface area contributed by atoms with E-state index in [9.17, 15) is 9.59 Å². The number of methoxy groups -OCH3 is 1. The number of benzene rings is 2. The number of hydrogen-bond donors (Lipinski definition) is 2. The molecule has 1 saturated heterocycles. The summed E-state index contributed by atoms with van der Waals surface area (Å²) in [6.45, 7) is 6.48. The molecule has 194 valence electrons. The van der Waals surface area contributed by atoms with Crippen molar-refractivity contribution >= 4 is 34.5 Å². The lowest BCUT2D eigenvalue weighted by molar-refractivity contribution is 0.101. The van der Waals surface area contributed by atoms with E-state index in [0.717, 1.165) is 47.4 Å². The number of anilines is 1. The number of carbonyl (C=O) groups is 2. The van der Waals surface area contributed by atoms with Crippen LogP contribution in [0, 0.1) is 6.92 Å². The fourth-order valence-electron chi connectivity index (χ4n) is 5.31. The SMILES string of the molecule is CNC(=O)Nc1ccc2c(c1)C(=O)/C(=C/c1c(C)n(CCCN3CCCCC3)c3ccc(OC)cc13)O2. The number of Topliss-reactive ketones (excluding diaryl/α,β-unsaturated/α-hetero) is 1. The molecule has 0 spiro atoms. The van der Waals surface area contributed by atoms with E-state index in [0.29, 0.717) is 17.0 Å². The Balaban J connectivity index is 1.45. The van der Waals surface area contributed by atoms with Gasteiger partial charge in [-0.05, 0) is 88.3 Å². The number of nitrogens with zero attached hydrogens (tertiary/aromatic N) is 2. The molecule has 1 aromatic heterocycles. The number of hydrogen-bond acceptors (Lipinski definition) is 5. The molecule has 2 N–H and O–H groups in total. The average Bonchev–Trinajstić information content (AvgIpc) is 3.37. The second-order valence-corrected chi connectivity index (χ2v) is 9.64. The number of nitrogens with one attached hydrogen (secondary N) is 2. The van der Waals surface area contributed by atoms with Crippen molar-refractivity contribution in [1.82, 2.24) is 14.8 Å². The molecule has 0 radical (unpaired) electrons. The summed E-state index contributed by atoms with van der Waals surface area (Å²) in [5.41, 5.74) is 4.11. The molecular formula is C29H34N4O4. The lowest BCUT2D eigenvalue weighted by Gasteiger charge is -2.26. The molecule has 1 fully saturated rings. The zero-order chi connectivity index (χ0) is 25.9. The lowest BCUT2D eigenvalue weighted by Crippen LogP contribution is -2.31. The van der Waals surface area contributed by atoms with Crippen molar-refractivity contribution in [2.45, 2.75) is 39.2 Å². The number of urea groups is 1. The standard InChI is InChI=1S/C29H34N4O4/c1-19-22(18-27-28(34)24-16-20(31-29(35)30-2)8-11-26(24)37-27)23-17-21(36-3)9-10-25(23)33(19)15-7-14-32-12-5-4-6-13-32/h8-11,16-18H,4-7,12-15H2,1-3H3,(H2,30,31,35)/b27-18-. The highest BCUT2D eigenvalue weighted by molar-refractivity contribution is 6.16. The second kappa shape index (κ2) is 10.7. The van der Waals surface area contributed by atoms with Crippen molar-refractivity contribution in [2.75, 3.05) is 39.1 Å². The van der Waals surface area contributed by atoms with E-state index >= 15 is 0 Å². The van der Waals surface area contributed by atoms with Gasteiger partial charge in [-0.1, -0.05) is 6.42 Å². The molecule has 2 aromatic carbocycles. The highest BCUT2D eigenvalue weighted by atomic mass is 16.5. The van der Waals surface area contributed by atoms with Crippen LogP contribution in [-0.2, 0) is 6.54 Å². The van der Waals surface area contributed by atoms with Crippen LogP contribution < -0.4 is 20.1 Å². The molecule has 3 heterocycles. The molecule has 2 aliphatic rings. The van der Waals surface area contributed by atoms with Crippen molar-refractivity contribution < 1.29 is 19.1 Å². The number of likely N-dealkylation sites (tertiary alicyclic amines) is 1. The van der Waals surface area contributed by atoms with Crippen molar-refractivity contribution in [2.24, 2.45) is 0 Å². The van der Waals surface area contributed by atoms with Crippen LogP contribution in [0.1, 0.15) is 47.3 Å². The Morgan fingerprint density at radius 1 is 1.11 bits per heavy atom. The fraction of sp³-hybridized carbons (Fsp3) is 0.379. The normalized spacial score (nSPS) is 16.6. The average molecular weight is 503 g/mol. The van der Waals surface area contributed by atoms with E-state index in [1.807, 2.05) is 18.2 Å². The molecular weight excluding hydrogens is 468 g/mol. The Kier molecular flexibility index (Phi) is 7.19. The van der Waals surface area contributed by atoms with E-state index in [4.69, 9.17) is 9.47 Å². The lowest BCUT2D eigenvalue weighted by atomic mass is 10.1. The summed E-state index contributed by atoms with van der Waals surface area (Å²) in [6, 6.07) is 10.8. The number of aryl methyl sites for hydroxylation is 1. The topological polar surface area (TPSA) is 84.8 Å². The molecule has 37 heavy (non-hydrogen) atoms. The largest absolute Gasteiger partial charge is 0.497 e. The second-order valence-electron chi connectivity index (χ2n) is 9.64. The predicted octanol–water partition coefficient (Wildman–Crippen LogP) is 5.20. The minimum Gasteiger partial charge on any atom is -0.497 e. The Morgan fingerprint density at radius 2 is 1.92 bits per heavy atom. The van der Waals surface area contributed by atoms with Gasteiger partial charge >= 0.3 is 6.03 Å². The fourth-order valence-corrected chi connectivity index (χ4v) is 5.31. The Labute approximate surface area is 217 Å². The van der Waals surface area contributed by atoms with Crippen molar-refractivity contribution in [3.8, 4) is 11.5 Å². The molecule has 0 unspecified atom stereocenters. The minimum atomic E-state index is -0.347. The summed E-state index contributed by atoms with van der Waals surface area (Å²) in [6.07, 6.45) is 6.83. The number of carbonyl (C=O) groups excluding carboxylic acids is 2. The van der Waals surface area contributed by atoms with E-state index in [1.165, 1.54) is 32.4 Å². The number of fused-ring (bicyclic) bond motifs is 2. The first-order valence-corrected chi connectivity index (χ1v) is 12.9. The molecule has 0 saturated carbocycles. The van der Waals surface area contributed by atoms with E-state index < -0.39 is 0 Å². The summed E-state index contributed by atoms with van der Waals surface area (Å²) in [7, 11) is 3.20. The van der Waals surface area contributed by atoms with Crippen LogP contribution in [0.25, 0.3) is 17.0 Å². The first-order valence-electron chi connectivity index (χ1n) is 12.9. The zero-order valence-electron chi connectivity index (χ0n) is 21.7. The predicted molar refractivity (Wildman–Crippen MR) is 146 cm³/mol. The summed E-state index contributed by atoms with van der Waals surface area (Å²) in [5, 5.41) is 6.23. The third kappa shape index (κ3) is 5.06. The first kappa shape index (κ1) is 24.9. The van der Waals surface area contributed by atoms with Crippen molar-refractivity contribution in [3.05, 3.63) is 59.0 Å². The minimum absolute atomic E-state index is 0.205. The van der Waals surface area contributed by atoms with Crippen LogP contribution in [0.15, 0.2) is 42.2 Å². The van der Waals surface area contributed by atoms with Gasteiger partial charge in [0.15, 0.2) is 5.76 Å². The Morgan fingerprint density at radius 3 is 2.68 bits per heavy atom. The van der Waals surface area contributed by atoms with Crippen LogP contribution in [0.4, 0.5) is 10.5 Å². The third-order valence-corrected chi connectivity index (χ3v) is 7.31. The van der Waals surface area contributed by atoms with Crippen LogP contribution >= 0.6 is 0 Å². The highest BCUT2D eigenvalue weighted by Gasteiger charge is 2.29. The maximum absolute atomic E-state index is 13.3. The van der Waals surface area contributed by atoms with Crippen molar-refractivity contribution in [1.29, 1.82) is 0 Å². The van der Waals surface area contributed by atoms with E-state index in [1.54, 1.807) is 32.4 Å². The van der Waals surface area contributed by atoms with Crippen molar-refractivity contribution in [3.63, 3.8) is 0 Å². The first-order chi connectivity index (χ1) is 18.0. The summed E-state index contributed by atoms with van der Waals surface area (Å²) in [5.74, 6) is 1.32. The van der Waals surface area contributed by atoms with Gasteiger partial charge in [-0.3, -0.25) is 4.79 Å². The highest BCUT2D eigenvalue weighted by Crippen LogP contribution is 2.37. The van der Waals surface area contributed by atoms with Gasteiger partial charge in [0.05, 0.1) is 12.7 Å². The molecule has 2 aliphatic heterocycles. The van der Waals surface area contributed by atoms with Gasteiger partial charge in [0.2, 0.25) is 5.78 Å². The summed E-state index contributed by atoms with van der Waals surface area (Å²) in [4.78, 5) is 27.5. The number of piperidine rings is 1. The maximum Gasteiger partial charge on any atom is 0.318 e. The Hall–Kier alpha value is -3.78. The molecule has 0 aliphatic carbocycles. The van der Waals surface area contributed by atoms with Gasteiger partial charge in [0.25, 0.3) is 0 Å².